The Bertz CT molecular complexity index is 1220. The molecule has 13 heteroatoms. The van der Waals surface area contributed by atoms with Crippen LogP contribution in [-0.2, 0) is 11.0 Å². The number of aliphatic hydroxyl groups excluding tert-OH is 1. The molecule has 3 aliphatic rings. The van der Waals surface area contributed by atoms with E-state index in [9.17, 15) is 27.5 Å². The van der Waals surface area contributed by atoms with Crippen LogP contribution in [0.3, 0.4) is 0 Å². The van der Waals surface area contributed by atoms with E-state index in [1.54, 1.807) is 4.90 Å². The quantitative estimate of drug-likeness (QED) is 0.477. The van der Waals surface area contributed by atoms with Gasteiger partial charge in [-0.15, -0.1) is 24.8 Å². The number of aromatic nitrogens is 2. The minimum Gasteiger partial charge on any atom is -0.387 e. The standard InChI is InChI=1S/C27H33F4N5O2.2ClH/c1-15-12-20(37)23-21(15)24(33-14-32-23)35-8-10-36(11-9-35)25(38)22(19-6-7-26(2,3)34-19)16-4-5-18(28)17(13-16)27(29,30)31;;/h4-5,13-15,19-20,22,34,37H,6-12H2,1-3H3;2*1H/t15-,19+,20-,22+;;/m1../s1. The summed E-state index contributed by atoms with van der Waals surface area (Å²) >= 11 is 0. The molecule has 5 rings (SSSR count). The smallest absolute Gasteiger partial charge is 0.387 e. The number of nitrogens with zero attached hydrogens (tertiary/aromatic N) is 4. The molecule has 1 aliphatic carbocycles. The highest BCUT2D eigenvalue weighted by Crippen LogP contribution is 2.43. The maximum atomic E-state index is 14.1. The average Bonchev–Trinajstić information content (AvgIpc) is 3.37. The largest absolute Gasteiger partial charge is 0.419 e. The van der Waals surface area contributed by atoms with Crippen LogP contribution in [0.4, 0.5) is 23.4 Å². The van der Waals surface area contributed by atoms with E-state index in [2.05, 4.69) is 20.2 Å². The summed E-state index contributed by atoms with van der Waals surface area (Å²) < 4.78 is 54.6. The van der Waals surface area contributed by atoms with Crippen molar-refractivity contribution in [1.29, 1.82) is 0 Å². The summed E-state index contributed by atoms with van der Waals surface area (Å²) in [7, 11) is 0. The zero-order valence-corrected chi connectivity index (χ0v) is 24.2. The third-order valence-corrected chi connectivity index (χ3v) is 8.15. The predicted octanol–water partition coefficient (Wildman–Crippen LogP) is 4.98. The number of rotatable bonds is 4. The van der Waals surface area contributed by atoms with Gasteiger partial charge >= 0.3 is 6.18 Å². The molecule has 3 heterocycles. The summed E-state index contributed by atoms with van der Waals surface area (Å²) in [4.78, 5) is 26.4. The fourth-order valence-electron chi connectivity index (χ4n) is 6.20. The number of carbonyl (C=O) groups is 1. The van der Waals surface area contributed by atoms with Gasteiger partial charge in [0.1, 0.15) is 18.0 Å². The Hall–Kier alpha value is -2.21. The van der Waals surface area contributed by atoms with Gasteiger partial charge in [0, 0.05) is 43.3 Å². The highest BCUT2D eigenvalue weighted by atomic mass is 35.5. The third kappa shape index (κ3) is 6.17. The van der Waals surface area contributed by atoms with Gasteiger partial charge in [0.05, 0.1) is 23.3 Å². The van der Waals surface area contributed by atoms with Gasteiger partial charge in [-0.3, -0.25) is 4.79 Å². The summed E-state index contributed by atoms with van der Waals surface area (Å²) in [5.41, 5.74) is 0.124. The second-order valence-electron chi connectivity index (χ2n) is 11.3. The first-order valence-corrected chi connectivity index (χ1v) is 13.1. The molecule has 2 aromatic rings. The van der Waals surface area contributed by atoms with Crippen LogP contribution in [0.1, 0.15) is 80.4 Å². The molecule has 222 valence electrons. The lowest BCUT2D eigenvalue weighted by molar-refractivity contribution is -0.140. The predicted molar refractivity (Wildman–Crippen MR) is 148 cm³/mol. The summed E-state index contributed by atoms with van der Waals surface area (Å²) in [6.07, 6.45) is -2.05. The van der Waals surface area contributed by atoms with E-state index in [4.69, 9.17) is 0 Å². The second-order valence-corrected chi connectivity index (χ2v) is 11.3. The molecule has 7 nitrogen and oxygen atoms in total. The maximum Gasteiger partial charge on any atom is 0.419 e. The van der Waals surface area contributed by atoms with Crippen LogP contribution in [0, 0.1) is 5.82 Å². The highest BCUT2D eigenvalue weighted by molar-refractivity contribution is 5.86. The van der Waals surface area contributed by atoms with Crippen molar-refractivity contribution in [2.24, 2.45) is 0 Å². The van der Waals surface area contributed by atoms with Crippen LogP contribution >= 0.6 is 24.8 Å². The molecule has 2 saturated heterocycles. The van der Waals surface area contributed by atoms with Gasteiger partial charge in [0.15, 0.2) is 0 Å². The molecular weight excluding hydrogens is 573 g/mol. The molecule has 1 aromatic carbocycles. The zero-order chi connectivity index (χ0) is 27.4. The van der Waals surface area contributed by atoms with Gasteiger partial charge in [-0.25, -0.2) is 14.4 Å². The Morgan fingerprint density at radius 1 is 1.15 bits per heavy atom. The second kappa shape index (κ2) is 12.0. The topological polar surface area (TPSA) is 81.6 Å². The number of nitrogens with one attached hydrogen (secondary N) is 1. The first-order valence-electron chi connectivity index (χ1n) is 13.1. The monoisotopic (exact) mass is 607 g/mol. The van der Waals surface area contributed by atoms with Gasteiger partial charge in [-0.2, -0.15) is 13.2 Å². The first kappa shape index (κ1) is 32.3. The van der Waals surface area contributed by atoms with Gasteiger partial charge in [-0.05, 0) is 56.7 Å². The molecule has 2 aliphatic heterocycles. The lowest BCUT2D eigenvalue weighted by Crippen LogP contribution is -2.53. The third-order valence-electron chi connectivity index (χ3n) is 8.15. The molecular formula is C27H35Cl2F4N5O2. The average molecular weight is 609 g/mol. The van der Waals surface area contributed by atoms with Crippen molar-refractivity contribution >= 4 is 36.5 Å². The number of carbonyl (C=O) groups excluding carboxylic acids is 1. The van der Waals surface area contributed by atoms with Gasteiger partial charge in [0.25, 0.3) is 0 Å². The molecule has 4 atom stereocenters. The van der Waals surface area contributed by atoms with Crippen molar-refractivity contribution in [3.8, 4) is 0 Å². The summed E-state index contributed by atoms with van der Waals surface area (Å²) in [5.74, 6) is -1.62. The number of piperazine rings is 1. The SMILES string of the molecule is C[C@@H]1C[C@@H](O)c2ncnc(N3CCN(C(=O)[C@@H](c4ccc(F)c(C(F)(F)F)c4)[C@@H]4CCC(C)(C)N4)CC3)c21.Cl.Cl. The van der Waals surface area contributed by atoms with Gasteiger partial charge < -0.3 is 20.2 Å². The van der Waals surface area contributed by atoms with Crippen molar-refractivity contribution in [3.63, 3.8) is 0 Å². The molecule has 0 unspecified atom stereocenters. The molecule has 1 amide bonds. The number of aliphatic hydroxyl groups is 1. The van der Waals surface area contributed by atoms with Crippen LogP contribution in [0.2, 0.25) is 0 Å². The van der Waals surface area contributed by atoms with Gasteiger partial charge in [-0.1, -0.05) is 13.0 Å². The Morgan fingerprint density at radius 2 is 1.82 bits per heavy atom. The molecule has 1 aromatic heterocycles. The highest BCUT2D eigenvalue weighted by Gasteiger charge is 2.43. The first-order chi connectivity index (χ1) is 17.9. The van der Waals surface area contributed by atoms with E-state index >= 15 is 0 Å². The number of fused-ring (bicyclic) bond motifs is 1. The van der Waals surface area contributed by atoms with E-state index in [1.165, 1.54) is 12.4 Å². The Morgan fingerprint density at radius 3 is 2.42 bits per heavy atom. The van der Waals surface area contributed by atoms with E-state index < -0.39 is 29.6 Å². The molecule has 0 saturated carbocycles. The van der Waals surface area contributed by atoms with Crippen LogP contribution in [0.25, 0.3) is 0 Å². The van der Waals surface area contributed by atoms with E-state index in [1.807, 2.05) is 20.8 Å². The van der Waals surface area contributed by atoms with E-state index in [0.29, 0.717) is 44.7 Å². The van der Waals surface area contributed by atoms with Crippen molar-refractivity contribution in [2.45, 2.75) is 75.7 Å². The van der Waals surface area contributed by atoms with E-state index in [0.717, 1.165) is 29.9 Å². The van der Waals surface area contributed by atoms with Crippen molar-refractivity contribution in [3.05, 3.63) is 52.7 Å². The lowest BCUT2D eigenvalue weighted by Gasteiger charge is -2.39. The Labute approximate surface area is 243 Å². The van der Waals surface area contributed by atoms with Crippen molar-refractivity contribution in [2.75, 3.05) is 31.1 Å². The minimum atomic E-state index is -4.86. The van der Waals surface area contributed by atoms with Crippen LogP contribution in [0.5, 0.6) is 0 Å². The number of amides is 1. The Balaban J connectivity index is 0.00000220. The molecule has 40 heavy (non-hydrogen) atoms. The molecule has 0 spiro atoms. The van der Waals surface area contributed by atoms with Crippen molar-refractivity contribution in [1.82, 2.24) is 20.2 Å². The number of benzene rings is 1. The summed E-state index contributed by atoms with van der Waals surface area (Å²) in [5, 5.41) is 13.7. The normalized spacial score (nSPS) is 24.6. The minimum absolute atomic E-state index is 0. The van der Waals surface area contributed by atoms with Crippen LogP contribution in [-0.4, -0.2) is 63.6 Å². The number of hydrogen-bond acceptors (Lipinski definition) is 6. The molecule has 0 radical (unpaired) electrons. The lowest BCUT2D eigenvalue weighted by atomic mass is 9.87. The molecule has 0 bridgehead atoms. The molecule has 2 N–H and O–H groups in total. The summed E-state index contributed by atoms with van der Waals surface area (Å²) in [6.45, 7) is 7.74. The number of halogens is 6. The Kier molecular flexibility index (Phi) is 9.65. The van der Waals surface area contributed by atoms with E-state index in [-0.39, 0.29) is 53.8 Å². The maximum absolute atomic E-state index is 14.1. The zero-order valence-electron chi connectivity index (χ0n) is 22.5. The summed E-state index contributed by atoms with van der Waals surface area (Å²) in [6, 6.07) is 2.53. The number of hydrogen-bond donors (Lipinski definition) is 2. The van der Waals surface area contributed by atoms with Crippen LogP contribution in [0.15, 0.2) is 24.5 Å². The van der Waals surface area contributed by atoms with Crippen molar-refractivity contribution < 1.29 is 27.5 Å². The molecule has 2 fully saturated rings. The van der Waals surface area contributed by atoms with Gasteiger partial charge in [0.2, 0.25) is 5.91 Å². The fraction of sp³-hybridized carbons (Fsp3) is 0.593. The number of alkyl halides is 3. The van der Waals surface area contributed by atoms with Crippen LogP contribution < -0.4 is 10.2 Å². The fourth-order valence-corrected chi connectivity index (χ4v) is 6.20. The number of anilines is 1.